The molecule has 4 aliphatic heterocycles. The van der Waals surface area contributed by atoms with E-state index >= 15 is 0 Å². The number of hydrogen-bond donors (Lipinski definition) is 8. The summed E-state index contributed by atoms with van der Waals surface area (Å²) in [6.07, 6.45) is 3.64. The summed E-state index contributed by atoms with van der Waals surface area (Å²) in [7, 11) is 0. The maximum Gasteiger partial charge on any atom is 0.343 e. The van der Waals surface area contributed by atoms with Crippen molar-refractivity contribution >= 4 is 23.7 Å². The van der Waals surface area contributed by atoms with E-state index < -0.39 is 41.4 Å². The molecule has 2 unspecified atom stereocenters. The van der Waals surface area contributed by atoms with Gasteiger partial charge in [0, 0.05) is 18.3 Å². The second-order valence-corrected chi connectivity index (χ2v) is 11.8. The molecule has 5 heterocycles. The molecule has 4 aliphatic rings. The van der Waals surface area contributed by atoms with Gasteiger partial charge in [0.2, 0.25) is 5.79 Å². The van der Waals surface area contributed by atoms with E-state index in [4.69, 9.17) is 16.2 Å². The van der Waals surface area contributed by atoms with Gasteiger partial charge in [0.1, 0.15) is 23.5 Å². The third-order valence-electron chi connectivity index (χ3n) is 8.64. The summed E-state index contributed by atoms with van der Waals surface area (Å²) >= 11 is 0. The number of fused-ring (bicyclic) bond motifs is 1. The first-order chi connectivity index (χ1) is 19.8. The molecule has 1 aromatic carbocycles. The first-order valence-corrected chi connectivity index (χ1v) is 13.7. The third kappa shape index (κ3) is 4.10. The molecule has 1 saturated heterocycles. The van der Waals surface area contributed by atoms with E-state index in [1.807, 2.05) is 6.07 Å². The Morgan fingerprint density at radius 1 is 1.21 bits per heavy atom. The molecule has 10 N–H and O–H groups in total. The molecule has 0 bridgehead atoms. The number of nitrogens with two attached hydrogens (primary N) is 2. The number of amides is 2. The molecule has 0 saturated carbocycles. The number of para-hydroxylation sites is 1. The first-order valence-electron chi connectivity index (χ1n) is 13.7. The van der Waals surface area contributed by atoms with Crippen molar-refractivity contribution in [2.45, 2.75) is 62.2 Å². The van der Waals surface area contributed by atoms with Gasteiger partial charge in [-0.15, -0.1) is 0 Å². The number of rotatable bonds is 5. The number of guanidine groups is 2. The molecule has 1 fully saturated rings. The number of nitrogens with zero attached hydrogens (tertiary/aromatic N) is 4. The zero-order valence-electron chi connectivity index (χ0n) is 23.5. The average Bonchev–Trinajstić information content (AvgIpc) is 3.41. The van der Waals surface area contributed by atoms with Gasteiger partial charge in [0.25, 0.3) is 17.5 Å². The highest BCUT2D eigenvalue weighted by atomic mass is 16.5. The quantitative estimate of drug-likeness (QED) is 0.160. The summed E-state index contributed by atoms with van der Waals surface area (Å²) in [5, 5.41) is 32.0. The molecule has 2 amide bonds. The Morgan fingerprint density at radius 2 is 2.00 bits per heavy atom. The lowest BCUT2D eigenvalue weighted by molar-refractivity contribution is -0.521. The average molecular weight is 580 g/mol. The summed E-state index contributed by atoms with van der Waals surface area (Å²) < 4.78 is 5.90. The molecule has 222 valence electrons. The van der Waals surface area contributed by atoms with Crippen LogP contribution in [0.5, 0.6) is 5.75 Å². The zero-order chi connectivity index (χ0) is 30.0. The Kier molecular flexibility index (Phi) is 6.27. The Bertz CT molecular complexity index is 1510. The summed E-state index contributed by atoms with van der Waals surface area (Å²) in [6.45, 7) is 6.27. The Morgan fingerprint density at radius 3 is 2.74 bits per heavy atom. The Balaban J connectivity index is 1.26. The van der Waals surface area contributed by atoms with Crippen LogP contribution in [0.4, 0.5) is 0 Å². The van der Waals surface area contributed by atoms with Crippen molar-refractivity contribution in [3.8, 4) is 5.75 Å². The predicted octanol–water partition coefficient (Wildman–Crippen LogP) is -3.87. The lowest BCUT2D eigenvalue weighted by atomic mass is 9.79. The fourth-order valence-electron chi connectivity index (χ4n) is 6.32. The number of aromatic nitrogens is 2. The maximum absolute atomic E-state index is 13.6. The Hall–Kier alpha value is -4.50. The molecule has 15 nitrogen and oxygen atoms in total. The molecule has 6 rings (SSSR count). The van der Waals surface area contributed by atoms with E-state index in [1.54, 1.807) is 19.1 Å². The molecule has 2 aromatic rings. The van der Waals surface area contributed by atoms with E-state index in [0.717, 1.165) is 12.0 Å². The summed E-state index contributed by atoms with van der Waals surface area (Å²) in [4.78, 5) is 43.5. The van der Waals surface area contributed by atoms with Crippen molar-refractivity contribution in [1.29, 1.82) is 0 Å². The Labute approximate surface area is 241 Å². The zero-order valence-corrected chi connectivity index (χ0v) is 23.5. The molecule has 0 aliphatic carbocycles. The number of aryl methyl sites for hydroxylation is 1. The number of aliphatic hydroxyl groups is 2. The fourth-order valence-corrected chi connectivity index (χ4v) is 6.32. The van der Waals surface area contributed by atoms with Crippen LogP contribution in [0, 0.1) is 6.92 Å². The highest BCUT2D eigenvalue weighted by Crippen LogP contribution is 2.43. The number of ether oxygens (including phenoxy) is 1. The topological polar surface area (TPSA) is 227 Å². The molecule has 1 spiro atoms. The molecular formula is C27H35N10O5+. The minimum atomic E-state index is -2.60. The monoisotopic (exact) mass is 579 g/mol. The van der Waals surface area contributed by atoms with Gasteiger partial charge in [-0.25, -0.2) is 15.3 Å². The molecule has 1 aromatic heterocycles. The number of benzene rings is 1. The van der Waals surface area contributed by atoms with Gasteiger partial charge < -0.3 is 31.3 Å². The van der Waals surface area contributed by atoms with Crippen molar-refractivity contribution in [2.75, 3.05) is 19.7 Å². The van der Waals surface area contributed by atoms with Gasteiger partial charge in [-0.05, 0) is 24.8 Å². The number of aliphatic imine (C=N–C) groups is 1. The van der Waals surface area contributed by atoms with Crippen molar-refractivity contribution < 1.29 is 29.5 Å². The van der Waals surface area contributed by atoms with E-state index in [1.165, 1.54) is 17.3 Å². The van der Waals surface area contributed by atoms with Crippen LogP contribution >= 0.6 is 0 Å². The van der Waals surface area contributed by atoms with Crippen LogP contribution in [0.1, 0.15) is 52.4 Å². The van der Waals surface area contributed by atoms with Crippen LogP contribution in [0.25, 0.3) is 0 Å². The third-order valence-corrected chi connectivity index (χ3v) is 8.64. The van der Waals surface area contributed by atoms with Crippen molar-refractivity contribution in [2.24, 2.45) is 16.5 Å². The van der Waals surface area contributed by atoms with Crippen LogP contribution in [-0.2, 0) is 5.41 Å². The SMILES string of the molecule is Cc1cnc(C(=O)NC[C@@H]2N=C(N)N3CC(NC(=O)c4cccc5c4OCCC5(C)C)C(O)(O)C34NC(N)=[NH+][C@@H]24)cn1. The van der Waals surface area contributed by atoms with E-state index in [9.17, 15) is 19.8 Å². The van der Waals surface area contributed by atoms with Gasteiger partial charge >= 0.3 is 5.96 Å². The van der Waals surface area contributed by atoms with Gasteiger partial charge in [-0.1, -0.05) is 26.0 Å². The standard InChI is InChI=1S/C27H34N10O5/c1-13-9-31-17(11-30-13)22(39)32-10-16-20-26(36-23(28)35-20)27(40,41)18(12-37(26)24(29)33-16)34-21(38)14-5-4-6-15-19(14)42-8-7-25(15,2)3/h4-6,9,11,16,18,20,40-41H,7-8,10,12H2,1-3H3,(H2,29,33)(H,32,39)(H,34,38)(H3,28,35,36)/p+1/t16-,18?,20-,26?/m0/s1. The van der Waals surface area contributed by atoms with Crippen LogP contribution in [0.15, 0.2) is 35.6 Å². The molecule has 15 heteroatoms. The minimum Gasteiger partial charge on any atom is -0.492 e. The predicted molar refractivity (Wildman–Crippen MR) is 149 cm³/mol. The summed E-state index contributed by atoms with van der Waals surface area (Å²) in [5.74, 6) is -3.09. The maximum atomic E-state index is 13.6. The van der Waals surface area contributed by atoms with Crippen molar-refractivity contribution in [3.63, 3.8) is 0 Å². The van der Waals surface area contributed by atoms with Gasteiger partial charge in [0.15, 0.2) is 12.0 Å². The van der Waals surface area contributed by atoms with E-state index in [2.05, 4.69) is 49.8 Å². The van der Waals surface area contributed by atoms with Gasteiger partial charge in [-0.3, -0.25) is 30.2 Å². The second kappa shape index (κ2) is 9.52. The minimum absolute atomic E-state index is 0.0176. The normalized spacial score (nSPS) is 28.2. The van der Waals surface area contributed by atoms with Gasteiger partial charge in [-0.2, -0.15) is 0 Å². The molecule has 4 atom stereocenters. The highest BCUT2D eigenvalue weighted by molar-refractivity contribution is 5.98. The fraction of sp³-hybridized carbons (Fsp3) is 0.481. The lowest BCUT2D eigenvalue weighted by Crippen LogP contribution is -2.90. The largest absolute Gasteiger partial charge is 0.492 e. The molecule has 0 radical (unpaired) electrons. The summed E-state index contributed by atoms with van der Waals surface area (Å²) in [5.41, 5.74) is 12.6. The van der Waals surface area contributed by atoms with Crippen LogP contribution < -0.4 is 37.1 Å². The van der Waals surface area contributed by atoms with Gasteiger partial charge in [0.05, 0.1) is 30.6 Å². The van der Waals surface area contributed by atoms with Crippen molar-refractivity contribution in [1.82, 2.24) is 30.8 Å². The number of hydrogen-bond acceptors (Lipinski definition) is 12. The summed E-state index contributed by atoms with van der Waals surface area (Å²) in [6, 6.07) is 2.50. The highest BCUT2D eigenvalue weighted by Gasteiger charge is 2.76. The number of carbonyl (C=O) groups excluding carboxylic acids is 2. The van der Waals surface area contributed by atoms with Crippen LogP contribution in [0.3, 0.4) is 0 Å². The lowest BCUT2D eigenvalue weighted by Gasteiger charge is -2.46. The number of carbonyl (C=O) groups is 2. The van der Waals surface area contributed by atoms with E-state index in [0.29, 0.717) is 23.6 Å². The van der Waals surface area contributed by atoms with Crippen molar-refractivity contribution in [3.05, 3.63) is 53.1 Å². The first kappa shape index (κ1) is 27.7. The van der Waals surface area contributed by atoms with E-state index in [-0.39, 0.29) is 36.1 Å². The van der Waals surface area contributed by atoms with Crippen LogP contribution in [-0.4, -0.2) is 98.1 Å². The smallest absolute Gasteiger partial charge is 0.343 e. The van der Waals surface area contributed by atoms with Crippen LogP contribution in [0.2, 0.25) is 0 Å². The molecule has 42 heavy (non-hydrogen) atoms. The number of nitrogens with one attached hydrogen (secondary N) is 4. The second-order valence-electron chi connectivity index (χ2n) is 11.8. The molecular weight excluding hydrogens is 544 g/mol.